The molecule has 0 bridgehead atoms. The first kappa shape index (κ1) is 23.7. The molecule has 0 saturated carbocycles. The fourth-order valence-electron chi connectivity index (χ4n) is 4.34. The van der Waals surface area contributed by atoms with Crippen LogP contribution in [0.3, 0.4) is 0 Å². The van der Waals surface area contributed by atoms with Gasteiger partial charge in [0.05, 0.1) is 26.4 Å². The van der Waals surface area contributed by atoms with Gasteiger partial charge in [0.2, 0.25) is 0 Å². The van der Waals surface area contributed by atoms with Crippen LogP contribution in [0.2, 0.25) is 0 Å². The molecular weight excluding hydrogens is 474 g/mol. The first-order valence-corrected chi connectivity index (χ1v) is 12.4. The molecule has 0 radical (unpaired) electrons. The number of esters is 1. The molecule has 4 aromatic rings. The van der Waals surface area contributed by atoms with E-state index in [1.165, 1.54) is 12.0 Å². The zero-order valence-electron chi connectivity index (χ0n) is 20.8. The highest BCUT2D eigenvalue weighted by Gasteiger charge is 2.32. The second-order valence-electron chi connectivity index (χ2n) is 8.61. The molecule has 0 amide bonds. The number of fused-ring (bicyclic) bond motifs is 3. The Bertz CT molecular complexity index is 1470. The smallest absolute Gasteiger partial charge is 0.308 e. The van der Waals surface area contributed by atoms with E-state index in [-0.39, 0.29) is 12.4 Å². The van der Waals surface area contributed by atoms with Gasteiger partial charge in [-0.15, -0.1) is 21.5 Å². The lowest BCUT2D eigenvalue weighted by molar-refractivity contribution is -0.141. The van der Waals surface area contributed by atoms with Crippen LogP contribution in [0.25, 0.3) is 5.00 Å². The molecular formula is C27H27N5O3S. The molecule has 0 spiro atoms. The largest absolute Gasteiger partial charge is 0.497 e. The zero-order chi connectivity index (χ0) is 25.4. The van der Waals surface area contributed by atoms with E-state index in [1.54, 1.807) is 18.4 Å². The number of hydrogen-bond donors (Lipinski definition) is 1. The molecule has 0 fully saturated rings. The van der Waals surface area contributed by atoms with Crippen LogP contribution >= 0.6 is 11.3 Å². The minimum absolute atomic E-state index is 0.0839. The molecule has 5 rings (SSSR count). The number of nitrogens with one attached hydrogen (secondary N) is 1. The third kappa shape index (κ3) is 4.26. The Hall–Kier alpha value is -3.98. The Morgan fingerprint density at radius 3 is 2.56 bits per heavy atom. The molecule has 2 aromatic carbocycles. The van der Waals surface area contributed by atoms with Gasteiger partial charge in [-0.25, -0.2) is 0 Å². The quantitative estimate of drug-likeness (QED) is 0.353. The summed E-state index contributed by atoms with van der Waals surface area (Å²) < 4.78 is 12.3. The van der Waals surface area contributed by atoms with Crippen molar-refractivity contribution in [3.8, 4) is 10.8 Å². The van der Waals surface area contributed by atoms with Crippen LogP contribution in [0.15, 0.2) is 53.5 Å². The molecule has 1 aliphatic rings. The van der Waals surface area contributed by atoms with Crippen LogP contribution in [0.5, 0.6) is 5.75 Å². The fraction of sp³-hybridized carbons (Fsp3) is 0.259. The third-order valence-corrected chi connectivity index (χ3v) is 7.54. The van der Waals surface area contributed by atoms with E-state index in [0.29, 0.717) is 5.82 Å². The standard InChI is InChI=1S/C27H27N5O3S/c1-15-16(2)36-27-24(15)25(29-22(14-23(33)35-5)26-31-30-17(3)32(26)27)18-9-11-19(12-10-18)28-20-7-6-8-21(13-20)34-4/h6-13,22,28H,14H2,1-5H3/t22-/m0/s1. The van der Waals surface area contributed by atoms with Gasteiger partial charge >= 0.3 is 5.97 Å². The minimum Gasteiger partial charge on any atom is -0.497 e. The normalized spacial score (nSPS) is 14.4. The Morgan fingerprint density at radius 1 is 1.06 bits per heavy atom. The van der Waals surface area contributed by atoms with Crippen LogP contribution in [0.4, 0.5) is 11.4 Å². The summed E-state index contributed by atoms with van der Waals surface area (Å²) in [6.45, 7) is 6.14. The minimum atomic E-state index is -0.512. The number of hydrogen-bond acceptors (Lipinski definition) is 8. The maximum absolute atomic E-state index is 12.3. The molecule has 2 aromatic heterocycles. The van der Waals surface area contributed by atoms with Gasteiger partial charge < -0.3 is 14.8 Å². The number of aromatic nitrogens is 3. The van der Waals surface area contributed by atoms with Gasteiger partial charge in [0.1, 0.15) is 22.6 Å². The molecule has 3 heterocycles. The Kier molecular flexibility index (Phi) is 6.32. The number of ether oxygens (including phenoxy) is 2. The topological polar surface area (TPSA) is 90.6 Å². The van der Waals surface area contributed by atoms with Crippen LogP contribution in [0, 0.1) is 20.8 Å². The highest BCUT2D eigenvalue weighted by atomic mass is 32.1. The SMILES string of the molecule is COC(=O)C[C@@H]1N=C(c2ccc(Nc3cccc(OC)c3)cc2)c2c(sc(C)c2C)-n2c(C)nnc21. The van der Waals surface area contributed by atoms with Crippen molar-refractivity contribution in [2.75, 3.05) is 19.5 Å². The van der Waals surface area contributed by atoms with E-state index in [4.69, 9.17) is 14.5 Å². The predicted molar refractivity (Wildman–Crippen MR) is 141 cm³/mol. The summed E-state index contributed by atoms with van der Waals surface area (Å²) in [6, 6.07) is 15.4. The lowest BCUT2D eigenvalue weighted by atomic mass is 9.99. The number of aryl methyl sites for hydroxylation is 2. The van der Waals surface area contributed by atoms with Crippen molar-refractivity contribution in [1.29, 1.82) is 0 Å². The van der Waals surface area contributed by atoms with Crippen molar-refractivity contribution in [1.82, 2.24) is 14.8 Å². The summed E-state index contributed by atoms with van der Waals surface area (Å²) >= 11 is 1.69. The highest BCUT2D eigenvalue weighted by Crippen LogP contribution is 2.39. The number of carbonyl (C=O) groups excluding carboxylic acids is 1. The summed E-state index contributed by atoms with van der Waals surface area (Å²) in [5.74, 6) is 1.86. The Balaban J connectivity index is 1.58. The molecule has 36 heavy (non-hydrogen) atoms. The maximum Gasteiger partial charge on any atom is 0.308 e. The highest BCUT2D eigenvalue weighted by molar-refractivity contribution is 7.15. The van der Waals surface area contributed by atoms with E-state index in [0.717, 1.165) is 50.4 Å². The molecule has 184 valence electrons. The maximum atomic E-state index is 12.3. The number of anilines is 2. The summed E-state index contributed by atoms with van der Waals surface area (Å²) in [5, 5.41) is 13.1. The molecule has 1 atom stereocenters. The van der Waals surface area contributed by atoms with Gasteiger partial charge in [0, 0.05) is 33.4 Å². The number of rotatable bonds is 6. The first-order valence-electron chi connectivity index (χ1n) is 11.6. The van der Waals surface area contributed by atoms with Gasteiger partial charge in [-0.3, -0.25) is 14.4 Å². The van der Waals surface area contributed by atoms with Gasteiger partial charge in [0.25, 0.3) is 0 Å². The molecule has 0 unspecified atom stereocenters. The van der Waals surface area contributed by atoms with Crippen molar-refractivity contribution >= 4 is 34.4 Å². The average Bonchev–Trinajstić information content (AvgIpc) is 3.36. The summed E-state index contributed by atoms with van der Waals surface area (Å²) in [6.07, 6.45) is 0.0839. The lowest BCUT2D eigenvalue weighted by Crippen LogP contribution is -2.12. The first-order chi connectivity index (χ1) is 17.4. The zero-order valence-corrected chi connectivity index (χ0v) is 21.6. The van der Waals surface area contributed by atoms with Crippen LogP contribution in [0.1, 0.15) is 45.7 Å². The number of aliphatic imine (C=N–C) groups is 1. The number of nitrogens with zero attached hydrogens (tertiary/aromatic N) is 4. The second-order valence-corrected chi connectivity index (χ2v) is 9.82. The predicted octanol–water partition coefficient (Wildman–Crippen LogP) is 5.46. The van der Waals surface area contributed by atoms with Crippen molar-refractivity contribution < 1.29 is 14.3 Å². The van der Waals surface area contributed by atoms with Gasteiger partial charge in [-0.2, -0.15) is 0 Å². The Morgan fingerprint density at radius 2 is 1.83 bits per heavy atom. The van der Waals surface area contributed by atoms with E-state index in [9.17, 15) is 4.79 Å². The molecule has 1 aliphatic heterocycles. The van der Waals surface area contributed by atoms with E-state index in [1.807, 2.05) is 60.0 Å². The molecule has 9 heteroatoms. The van der Waals surface area contributed by atoms with Crippen molar-refractivity contribution in [2.45, 2.75) is 33.2 Å². The van der Waals surface area contributed by atoms with Gasteiger partial charge in [-0.1, -0.05) is 18.2 Å². The molecule has 1 N–H and O–H groups in total. The summed E-state index contributed by atoms with van der Waals surface area (Å²) in [5.41, 5.74) is 5.87. The monoisotopic (exact) mass is 501 g/mol. The fourth-order valence-corrected chi connectivity index (χ4v) is 5.56. The Labute approximate surface area is 213 Å². The number of carbonyl (C=O) groups is 1. The van der Waals surface area contributed by atoms with Gasteiger partial charge in [-0.05, 0) is 50.6 Å². The average molecular weight is 502 g/mol. The van der Waals surface area contributed by atoms with Crippen molar-refractivity contribution in [2.24, 2.45) is 4.99 Å². The molecule has 8 nitrogen and oxygen atoms in total. The lowest BCUT2D eigenvalue weighted by Gasteiger charge is -2.13. The number of methoxy groups -OCH3 is 2. The second kappa shape index (κ2) is 9.58. The van der Waals surface area contributed by atoms with E-state index in [2.05, 4.69) is 29.4 Å². The van der Waals surface area contributed by atoms with Crippen molar-refractivity contribution in [3.05, 3.63) is 81.7 Å². The number of benzene rings is 2. The molecule has 0 aliphatic carbocycles. The number of thiophene rings is 1. The van der Waals surface area contributed by atoms with E-state index >= 15 is 0 Å². The summed E-state index contributed by atoms with van der Waals surface area (Å²) in [7, 11) is 3.04. The third-order valence-electron chi connectivity index (χ3n) is 6.34. The van der Waals surface area contributed by atoms with Crippen LogP contribution < -0.4 is 10.1 Å². The van der Waals surface area contributed by atoms with E-state index < -0.39 is 6.04 Å². The van der Waals surface area contributed by atoms with Gasteiger partial charge in [0.15, 0.2) is 5.82 Å². The van der Waals surface area contributed by atoms with Crippen molar-refractivity contribution in [3.63, 3.8) is 0 Å². The van der Waals surface area contributed by atoms with Crippen LogP contribution in [-0.2, 0) is 9.53 Å². The summed E-state index contributed by atoms with van der Waals surface area (Å²) in [4.78, 5) is 18.6. The molecule has 0 saturated heterocycles. The van der Waals surface area contributed by atoms with Crippen LogP contribution in [-0.4, -0.2) is 40.7 Å².